The van der Waals surface area contributed by atoms with Crippen molar-refractivity contribution in [3.63, 3.8) is 0 Å². The van der Waals surface area contributed by atoms with E-state index in [-0.39, 0.29) is 17.0 Å². The molecule has 1 aliphatic rings. The molecule has 3 heteroatoms. The van der Waals surface area contributed by atoms with E-state index < -0.39 is 0 Å². The van der Waals surface area contributed by atoms with Gasteiger partial charge in [0.2, 0.25) is 0 Å². The van der Waals surface area contributed by atoms with Gasteiger partial charge in [0.05, 0.1) is 0 Å². The van der Waals surface area contributed by atoms with Crippen molar-refractivity contribution in [2.75, 3.05) is 6.54 Å². The van der Waals surface area contributed by atoms with Crippen LogP contribution in [-0.4, -0.2) is 6.54 Å². The van der Waals surface area contributed by atoms with E-state index in [9.17, 15) is 0 Å². The van der Waals surface area contributed by atoms with Crippen LogP contribution in [0.25, 0.3) is 0 Å². The molecule has 0 heterocycles. The Labute approximate surface area is 94.0 Å². The molecule has 2 rings (SSSR count). The van der Waals surface area contributed by atoms with Gasteiger partial charge in [0.1, 0.15) is 0 Å². The summed E-state index contributed by atoms with van der Waals surface area (Å²) in [6.07, 6.45) is 2.45. The summed E-state index contributed by atoms with van der Waals surface area (Å²) in [4.78, 5) is 0. The molecule has 0 unspecified atom stereocenters. The lowest BCUT2D eigenvalue weighted by molar-refractivity contribution is 0.705. The SMILES string of the molecule is Br.NCC1(c2ccc(Cl)cc2)CC1. The summed E-state index contributed by atoms with van der Waals surface area (Å²) in [5.41, 5.74) is 7.34. The fourth-order valence-electron chi connectivity index (χ4n) is 1.56. The van der Waals surface area contributed by atoms with E-state index in [0.717, 1.165) is 11.6 Å². The summed E-state index contributed by atoms with van der Waals surface area (Å²) in [7, 11) is 0. The van der Waals surface area contributed by atoms with Crippen molar-refractivity contribution in [1.29, 1.82) is 0 Å². The highest BCUT2D eigenvalue weighted by atomic mass is 79.9. The Hall–Kier alpha value is -0.0500. The van der Waals surface area contributed by atoms with Crippen molar-refractivity contribution < 1.29 is 0 Å². The fraction of sp³-hybridized carbons (Fsp3) is 0.400. The van der Waals surface area contributed by atoms with Crippen LogP contribution in [-0.2, 0) is 5.41 Å². The van der Waals surface area contributed by atoms with Crippen molar-refractivity contribution >= 4 is 28.6 Å². The quantitative estimate of drug-likeness (QED) is 0.871. The molecule has 1 nitrogen and oxygen atoms in total. The third kappa shape index (κ3) is 2.06. The standard InChI is InChI=1S/C10H12ClN.BrH/c11-9-3-1-8(2-4-9)10(7-12)5-6-10;/h1-4H,5-7,12H2;1H. The Morgan fingerprint density at radius 1 is 1.23 bits per heavy atom. The molecule has 0 bridgehead atoms. The summed E-state index contributed by atoms with van der Waals surface area (Å²) in [6.45, 7) is 0.759. The van der Waals surface area contributed by atoms with Crippen LogP contribution in [0.5, 0.6) is 0 Å². The first-order chi connectivity index (χ1) is 5.77. The molecule has 1 aromatic carbocycles. The number of nitrogens with two attached hydrogens (primary N) is 1. The van der Waals surface area contributed by atoms with Crippen LogP contribution in [0, 0.1) is 0 Å². The van der Waals surface area contributed by atoms with Crippen LogP contribution >= 0.6 is 28.6 Å². The van der Waals surface area contributed by atoms with Gasteiger partial charge in [-0.05, 0) is 30.5 Å². The molecule has 0 aliphatic heterocycles. The highest BCUT2D eigenvalue weighted by molar-refractivity contribution is 8.93. The third-order valence-corrected chi connectivity index (χ3v) is 2.95. The number of benzene rings is 1. The maximum absolute atomic E-state index is 5.79. The summed E-state index contributed by atoms with van der Waals surface area (Å²) in [5, 5.41) is 0.798. The molecular weight excluding hydrogens is 249 g/mol. The van der Waals surface area contributed by atoms with Gasteiger partial charge in [-0.3, -0.25) is 0 Å². The highest BCUT2D eigenvalue weighted by Crippen LogP contribution is 2.47. The molecule has 0 saturated heterocycles. The van der Waals surface area contributed by atoms with E-state index >= 15 is 0 Å². The molecule has 1 saturated carbocycles. The molecule has 1 aromatic rings. The Morgan fingerprint density at radius 3 is 2.15 bits per heavy atom. The summed E-state index contributed by atoms with van der Waals surface area (Å²) in [5.74, 6) is 0. The van der Waals surface area contributed by atoms with Crippen molar-refractivity contribution in [3.8, 4) is 0 Å². The number of rotatable bonds is 2. The minimum Gasteiger partial charge on any atom is -0.330 e. The van der Waals surface area contributed by atoms with Crippen molar-refractivity contribution in [1.82, 2.24) is 0 Å². The molecule has 13 heavy (non-hydrogen) atoms. The first kappa shape index (κ1) is 11.0. The Bertz CT molecular complexity index is 279. The molecule has 0 aromatic heterocycles. The Morgan fingerprint density at radius 2 is 1.77 bits per heavy atom. The fourth-order valence-corrected chi connectivity index (χ4v) is 1.69. The second-order valence-corrected chi connectivity index (χ2v) is 3.93. The van der Waals surface area contributed by atoms with Crippen LogP contribution in [0.15, 0.2) is 24.3 Å². The van der Waals surface area contributed by atoms with Crippen LogP contribution in [0.4, 0.5) is 0 Å². The maximum Gasteiger partial charge on any atom is 0.0406 e. The molecule has 0 atom stereocenters. The zero-order chi connectivity index (χ0) is 8.60. The topological polar surface area (TPSA) is 26.0 Å². The van der Waals surface area contributed by atoms with Gasteiger partial charge in [0.25, 0.3) is 0 Å². The van der Waals surface area contributed by atoms with Gasteiger partial charge in [0.15, 0.2) is 0 Å². The lowest BCUT2D eigenvalue weighted by atomic mass is 9.96. The average Bonchev–Trinajstić information content (AvgIpc) is 2.86. The van der Waals surface area contributed by atoms with Gasteiger partial charge < -0.3 is 5.73 Å². The number of hydrogen-bond acceptors (Lipinski definition) is 1. The van der Waals surface area contributed by atoms with E-state index in [2.05, 4.69) is 12.1 Å². The van der Waals surface area contributed by atoms with Crippen molar-refractivity contribution in [2.24, 2.45) is 5.73 Å². The number of hydrogen-bond donors (Lipinski definition) is 1. The lowest BCUT2D eigenvalue weighted by Crippen LogP contribution is -2.19. The Kier molecular flexibility index (Phi) is 3.38. The molecule has 0 spiro atoms. The first-order valence-electron chi connectivity index (χ1n) is 4.23. The largest absolute Gasteiger partial charge is 0.330 e. The van der Waals surface area contributed by atoms with E-state index in [4.69, 9.17) is 17.3 Å². The summed E-state index contributed by atoms with van der Waals surface area (Å²) >= 11 is 5.79. The smallest absolute Gasteiger partial charge is 0.0406 e. The van der Waals surface area contributed by atoms with Crippen LogP contribution in [0.1, 0.15) is 18.4 Å². The average molecular weight is 263 g/mol. The second kappa shape index (κ2) is 3.99. The van der Waals surface area contributed by atoms with Gasteiger partial charge in [-0.25, -0.2) is 0 Å². The van der Waals surface area contributed by atoms with Gasteiger partial charge in [0, 0.05) is 17.0 Å². The molecule has 0 amide bonds. The van der Waals surface area contributed by atoms with E-state index in [0.29, 0.717) is 5.41 Å². The molecule has 1 fully saturated rings. The second-order valence-electron chi connectivity index (χ2n) is 3.49. The van der Waals surface area contributed by atoms with Gasteiger partial charge in [-0.15, -0.1) is 17.0 Å². The van der Waals surface area contributed by atoms with Crippen LogP contribution < -0.4 is 5.73 Å². The van der Waals surface area contributed by atoms with E-state index in [1.54, 1.807) is 0 Å². The molecular formula is C10H13BrClN. The van der Waals surface area contributed by atoms with E-state index in [1.807, 2.05) is 12.1 Å². The predicted molar refractivity (Wildman–Crippen MR) is 61.7 cm³/mol. The molecule has 72 valence electrons. The normalized spacial score (nSPS) is 17.7. The Balaban J connectivity index is 0.000000845. The predicted octanol–water partition coefficient (Wildman–Crippen LogP) is 2.91. The third-order valence-electron chi connectivity index (χ3n) is 2.70. The minimum absolute atomic E-state index is 0. The zero-order valence-electron chi connectivity index (χ0n) is 7.29. The van der Waals surface area contributed by atoms with Crippen LogP contribution in [0.2, 0.25) is 5.02 Å². The summed E-state index contributed by atoms with van der Waals surface area (Å²) < 4.78 is 0. The van der Waals surface area contributed by atoms with Gasteiger partial charge in [-0.1, -0.05) is 23.7 Å². The zero-order valence-corrected chi connectivity index (χ0v) is 9.76. The minimum atomic E-state index is 0. The van der Waals surface area contributed by atoms with Crippen LogP contribution in [0.3, 0.4) is 0 Å². The summed E-state index contributed by atoms with van der Waals surface area (Å²) in [6, 6.07) is 8.05. The molecule has 2 N–H and O–H groups in total. The maximum atomic E-state index is 5.79. The van der Waals surface area contributed by atoms with Crippen molar-refractivity contribution in [3.05, 3.63) is 34.9 Å². The molecule has 0 radical (unpaired) electrons. The highest BCUT2D eigenvalue weighted by Gasteiger charge is 2.42. The first-order valence-corrected chi connectivity index (χ1v) is 4.61. The lowest BCUT2D eigenvalue weighted by Gasteiger charge is -2.11. The van der Waals surface area contributed by atoms with Crippen molar-refractivity contribution in [2.45, 2.75) is 18.3 Å². The molecule has 1 aliphatic carbocycles. The monoisotopic (exact) mass is 261 g/mol. The van der Waals surface area contributed by atoms with Gasteiger partial charge >= 0.3 is 0 Å². The van der Waals surface area contributed by atoms with Gasteiger partial charge in [-0.2, -0.15) is 0 Å². The number of halogens is 2. The van der Waals surface area contributed by atoms with E-state index in [1.165, 1.54) is 18.4 Å².